The Kier molecular flexibility index (Phi) is 8.60. The number of hydrogen-bond donors (Lipinski definition) is 1. The minimum absolute atomic E-state index is 0.176. The zero-order chi connectivity index (χ0) is 14.8. The largest absolute Gasteiger partial charge is 0.393 e. The van der Waals surface area contributed by atoms with E-state index >= 15 is 0 Å². The second-order valence-corrected chi connectivity index (χ2v) is 6.14. The van der Waals surface area contributed by atoms with E-state index in [0.29, 0.717) is 0 Å². The van der Waals surface area contributed by atoms with E-state index in [4.69, 9.17) is 0 Å². The summed E-state index contributed by atoms with van der Waals surface area (Å²) in [6, 6.07) is 6.38. The molecule has 1 N–H and O–H groups in total. The number of hydrogen-bond acceptors (Lipinski definition) is 1. The van der Waals surface area contributed by atoms with Crippen LogP contribution in [-0.2, 0) is 6.42 Å². The Bertz CT molecular complexity index is 350. The van der Waals surface area contributed by atoms with E-state index in [1.165, 1.54) is 55.2 Å². The molecule has 1 nitrogen and oxygen atoms in total. The van der Waals surface area contributed by atoms with Crippen LogP contribution in [0.25, 0.3) is 0 Å². The molecule has 1 aromatic rings. The van der Waals surface area contributed by atoms with Gasteiger partial charge in [0.15, 0.2) is 0 Å². The minimum Gasteiger partial charge on any atom is -0.393 e. The van der Waals surface area contributed by atoms with Crippen LogP contribution in [0.5, 0.6) is 0 Å². The molecular weight excluding hydrogens is 244 g/mol. The van der Waals surface area contributed by atoms with Gasteiger partial charge in [-0.25, -0.2) is 0 Å². The number of aliphatic hydroxyl groups is 1. The first-order valence-corrected chi connectivity index (χ1v) is 8.38. The van der Waals surface area contributed by atoms with Crippen molar-refractivity contribution in [3.63, 3.8) is 0 Å². The van der Waals surface area contributed by atoms with Crippen molar-refractivity contribution in [2.24, 2.45) is 0 Å². The summed E-state index contributed by atoms with van der Waals surface area (Å²) in [6.45, 7) is 6.54. The van der Waals surface area contributed by atoms with Gasteiger partial charge in [0.1, 0.15) is 0 Å². The smallest absolute Gasteiger partial charge is 0.0580 e. The van der Waals surface area contributed by atoms with Gasteiger partial charge in [0.2, 0.25) is 0 Å². The quantitative estimate of drug-likeness (QED) is 0.571. The maximum absolute atomic E-state index is 10.2. The summed E-state index contributed by atoms with van der Waals surface area (Å²) in [7, 11) is 0. The molecule has 0 aliphatic heterocycles. The zero-order valence-corrected chi connectivity index (χ0v) is 13.6. The number of rotatable bonds is 10. The number of aliphatic hydroxyl groups excluding tert-OH is 1. The van der Waals surface area contributed by atoms with Gasteiger partial charge >= 0.3 is 0 Å². The van der Waals surface area contributed by atoms with E-state index in [-0.39, 0.29) is 6.10 Å². The van der Waals surface area contributed by atoms with Crippen molar-refractivity contribution in [2.45, 2.75) is 84.7 Å². The van der Waals surface area contributed by atoms with E-state index in [1.807, 2.05) is 0 Å². The molecule has 0 aliphatic carbocycles. The van der Waals surface area contributed by atoms with Gasteiger partial charge in [0.05, 0.1) is 6.10 Å². The summed E-state index contributed by atoms with van der Waals surface area (Å²) in [5, 5.41) is 10.2. The standard InChI is InChI=1S/C19H32O/c1-4-5-6-7-8-9-10-14-18(20)15-19-16(2)12-11-13-17(19)3/h11-13,18,20H,4-10,14-15H2,1-3H3. The summed E-state index contributed by atoms with van der Waals surface area (Å²) in [6.07, 6.45) is 10.8. The highest BCUT2D eigenvalue weighted by Gasteiger charge is 2.09. The molecule has 1 unspecified atom stereocenters. The normalized spacial score (nSPS) is 12.6. The van der Waals surface area contributed by atoms with Crippen LogP contribution in [0, 0.1) is 13.8 Å². The lowest BCUT2D eigenvalue weighted by Crippen LogP contribution is -2.12. The molecule has 1 rings (SSSR count). The predicted octanol–water partition coefficient (Wildman–Crippen LogP) is 5.35. The van der Waals surface area contributed by atoms with Gasteiger partial charge in [-0.3, -0.25) is 0 Å². The summed E-state index contributed by atoms with van der Waals surface area (Å²) >= 11 is 0. The topological polar surface area (TPSA) is 20.2 Å². The summed E-state index contributed by atoms with van der Waals surface area (Å²) in [5.41, 5.74) is 3.95. The van der Waals surface area contributed by atoms with Crippen molar-refractivity contribution in [3.8, 4) is 0 Å². The molecule has 0 saturated carbocycles. The van der Waals surface area contributed by atoms with Gasteiger partial charge in [0, 0.05) is 0 Å². The lowest BCUT2D eigenvalue weighted by Gasteiger charge is -2.14. The maximum Gasteiger partial charge on any atom is 0.0580 e. The van der Waals surface area contributed by atoms with E-state index in [9.17, 15) is 5.11 Å². The van der Waals surface area contributed by atoms with E-state index < -0.39 is 0 Å². The van der Waals surface area contributed by atoms with Gasteiger partial charge in [-0.1, -0.05) is 70.1 Å². The van der Waals surface area contributed by atoms with Crippen LogP contribution in [-0.4, -0.2) is 11.2 Å². The first-order chi connectivity index (χ1) is 9.65. The Morgan fingerprint density at radius 2 is 1.45 bits per heavy atom. The SMILES string of the molecule is CCCCCCCCCC(O)Cc1c(C)cccc1C. The van der Waals surface area contributed by atoms with Gasteiger partial charge in [-0.2, -0.15) is 0 Å². The molecular formula is C19H32O. The first-order valence-electron chi connectivity index (χ1n) is 8.38. The Hall–Kier alpha value is -0.820. The minimum atomic E-state index is -0.176. The van der Waals surface area contributed by atoms with E-state index in [0.717, 1.165) is 19.3 Å². The Balaban J connectivity index is 2.19. The molecule has 0 aromatic heterocycles. The summed E-state index contributed by atoms with van der Waals surface area (Å²) in [4.78, 5) is 0. The lowest BCUT2D eigenvalue weighted by atomic mass is 9.95. The van der Waals surface area contributed by atoms with Crippen LogP contribution < -0.4 is 0 Å². The highest BCUT2D eigenvalue weighted by Crippen LogP contribution is 2.18. The fourth-order valence-electron chi connectivity index (χ4n) is 2.85. The zero-order valence-electron chi connectivity index (χ0n) is 13.6. The Morgan fingerprint density at radius 3 is 2.05 bits per heavy atom. The molecule has 0 saturated heterocycles. The predicted molar refractivity (Wildman–Crippen MR) is 88.2 cm³/mol. The molecule has 0 radical (unpaired) electrons. The second-order valence-electron chi connectivity index (χ2n) is 6.14. The monoisotopic (exact) mass is 276 g/mol. The molecule has 20 heavy (non-hydrogen) atoms. The van der Waals surface area contributed by atoms with Crippen LogP contribution in [0.15, 0.2) is 18.2 Å². The number of unbranched alkanes of at least 4 members (excludes halogenated alkanes) is 6. The van der Waals surface area contributed by atoms with Crippen molar-refractivity contribution < 1.29 is 5.11 Å². The Labute approximate surface area is 125 Å². The molecule has 114 valence electrons. The second kappa shape index (κ2) is 9.99. The fraction of sp³-hybridized carbons (Fsp3) is 0.684. The third-order valence-corrected chi connectivity index (χ3v) is 4.23. The summed E-state index contributed by atoms with van der Waals surface area (Å²) in [5.74, 6) is 0. The number of aryl methyl sites for hydroxylation is 2. The molecule has 0 bridgehead atoms. The molecule has 0 heterocycles. The van der Waals surface area contributed by atoms with Crippen molar-refractivity contribution in [1.29, 1.82) is 0 Å². The fourth-order valence-corrected chi connectivity index (χ4v) is 2.85. The average Bonchev–Trinajstić information content (AvgIpc) is 2.42. The number of benzene rings is 1. The Morgan fingerprint density at radius 1 is 0.900 bits per heavy atom. The van der Waals surface area contributed by atoms with Gasteiger partial charge in [0.25, 0.3) is 0 Å². The lowest BCUT2D eigenvalue weighted by molar-refractivity contribution is 0.160. The summed E-state index contributed by atoms with van der Waals surface area (Å²) < 4.78 is 0. The van der Waals surface area contributed by atoms with E-state index in [2.05, 4.69) is 39.0 Å². The molecule has 1 heteroatoms. The van der Waals surface area contributed by atoms with Crippen LogP contribution in [0.3, 0.4) is 0 Å². The molecule has 0 fully saturated rings. The maximum atomic E-state index is 10.2. The van der Waals surface area contributed by atoms with E-state index in [1.54, 1.807) is 0 Å². The van der Waals surface area contributed by atoms with Crippen LogP contribution in [0.4, 0.5) is 0 Å². The average molecular weight is 276 g/mol. The van der Waals surface area contributed by atoms with Crippen molar-refractivity contribution in [1.82, 2.24) is 0 Å². The van der Waals surface area contributed by atoms with Crippen molar-refractivity contribution in [3.05, 3.63) is 34.9 Å². The molecule has 1 atom stereocenters. The third kappa shape index (κ3) is 6.56. The van der Waals surface area contributed by atoms with Crippen molar-refractivity contribution in [2.75, 3.05) is 0 Å². The first kappa shape index (κ1) is 17.2. The highest BCUT2D eigenvalue weighted by molar-refractivity contribution is 5.33. The van der Waals surface area contributed by atoms with Gasteiger partial charge < -0.3 is 5.11 Å². The van der Waals surface area contributed by atoms with Gasteiger partial charge in [-0.15, -0.1) is 0 Å². The molecule has 1 aromatic carbocycles. The van der Waals surface area contributed by atoms with Gasteiger partial charge in [-0.05, 0) is 43.4 Å². The molecule has 0 amide bonds. The van der Waals surface area contributed by atoms with Crippen LogP contribution >= 0.6 is 0 Å². The van der Waals surface area contributed by atoms with Crippen LogP contribution in [0.2, 0.25) is 0 Å². The van der Waals surface area contributed by atoms with Crippen LogP contribution in [0.1, 0.15) is 75.0 Å². The third-order valence-electron chi connectivity index (χ3n) is 4.23. The van der Waals surface area contributed by atoms with Crippen molar-refractivity contribution >= 4 is 0 Å². The molecule has 0 spiro atoms. The highest BCUT2D eigenvalue weighted by atomic mass is 16.3. The molecule has 0 aliphatic rings.